The average Bonchev–Trinajstić information content (AvgIpc) is 3.24. The number of nitrogens with one attached hydrogen (secondary N) is 1. The molecular formula is C15H15BrN8O4. The third kappa shape index (κ3) is 3.78. The Morgan fingerprint density at radius 2 is 2.29 bits per heavy atom. The van der Waals surface area contributed by atoms with Crippen LogP contribution in [0.25, 0.3) is 5.82 Å². The van der Waals surface area contributed by atoms with Crippen molar-refractivity contribution in [2.75, 3.05) is 12.3 Å². The number of phenols is 1. The van der Waals surface area contributed by atoms with E-state index in [4.69, 9.17) is 10.5 Å². The predicted octanol–water partition coefficient (Wildman–Crippen LogP) is 1.17. The van der Waals surface area contributed by atoms with Crippen molar-refractivity contribution in [3.8, 4) is 17.3 Å². The van der Waals surface area contributed by atoms with Gasteiger partial charge < -0.3 is 15.6 Å². The van der Waals surface area contributed by atoms with Crippen molar-refractivity contribution in [1.82, 2.24) is 30.7 Å². The Morgan fingerprint density at radius 3 is 2.96 bits per heavy atom. The summed E-state index contributed by atoms with van der Waals surface area (Å²) in [6.45, 7) is 3.77. The van der Waals surface area contributed by atoms with Crippen molar-refractivity contribution in [2.24, 2.45) is 5.10 Å². The van der Waals surface area contributed by atoms with Crippen LogP contribution >= 0.6 is 15.9 Å². The van der Waals surface area contributed by atoms with E-state index >= 15 is 0 Å². The minimum Gasteiger partial charge on any atom is -0.503 e. The van der Waals surface area contributed by atoms with Crippen LogP contribution in [0.15, 0.2) is 26.3 Å². The van der Waals surface area contributed by atoms with Crippen molar-refractivity contribution >= 4 is 33.9 Å². The molecule has 0 saturated carbocycles. The molecule has 0 fully saturated rings. The van der Waals surface area contributed by atoms with Crippen LogP contribution in [0.1, 0.15) is 28.7 Å². The van der Waals surface area contributed by atoms with E-state index in [0.29, 0.717) is 22.3 Å². The number of ether oxygens (including phenoxy) is 1. The summed E-state index contributed by atoms with van der Waals surface area (Å²) >= 11 is 3.23. The summed E-state index contributed by atoms with van der Waals surface area (Å²) in [5.74, 6) is -0.327. The van der Waals surface area contributed by atoms with Gasteiger partial charge in [-0.15, -0.1) is 5.10 Å². The molecule has 0 radical (unpaired) electrons. The van der Waals surface area contributed by atoms with Crippen LogP contribution in [-0.4, -0.2) is 49.1 Å². The molecule has 28 heavy (non-hydrogen) atoms. The number of aromatic nitrogens is 5. The number of carbonyl (C=O) groups excluding carboxylic acids is 1. The fourth-order valence-corrected chi connectivity index (χ4v) is 2.72. The zero-order chi connectivity index (χ0) is 20.3. The molecule has 1 aromatic carbocycles. The van der Waals surface area contributed by atoms with Gasteiger partial charge in [0.1, 0.15) is 0 Å². The van der Waals surface area contributed by atoms with E-state index in [1.807, 2.05) is 0 Å². The Bertz CT molecular complexity index is 1040. The maximum atomic E-state index is 12.5. The number of nitrogens with two attached hydrogens (primary N) is 1. The number of aromatic hydroxyl groups is 1. The fraction of sp³-hybridized carbons (Fsp3) is 0.200. The van der Waals surface area contributed by atoms with Crippen LogP contribution in [0, 0.1) is 6.92 Å². The lowest BCUT2D eigenvalue weighted by Crippen LogP contribution is -2.22. The Morgan fingerprint density at radius 1 is 1.50 bits per heavy atom. The molecule has 0 aliphatic heterocycles. The summed E-state index contributed by atoms with van der Waals surface area (Å²) in [6, 6.07) is 3.20. The second-order valence-electron chi connectivity index (χ2n) is 5.39. The smallest absolute Gasteiger partial charge is 0.292 e. The van der Waals surface area contributed by atoms with Crippen molar-refractivity contribution in [1.29, 1.82) is 0 Å². The molecule has 2 heterocycles. The molecule has 13 heteroatoms. The minimum absolute atomic E-state index is 0.0209. The largest absolute Gasteiger partial charge is 0.503 e. The van der Waals surface area contributed by atoms with Crippen molar-refractivity contribution in [3.05, 3.63) is 33.6 Å². The number of phenolic OH excluding ortho intramolecular Hbond substituents is 1. The number of carbonyl (C=O) groups is 1. The topological polar surface area (TPSA) is 167 Å². The Kier molecular flexibility index (Phi) is 5.54. The highest BCUT2D eigenvalue weighted by Gasteiger charge is 2.22. The number of benzene rings is 1. The predicted molar refractivity (Wildman–Crippen MR) is 100 cm³/mol. The van der Waals surface area contributed by atoms with Gasteiger partial charge in [-0.2, -0.15) is 9.78 Å². The van der Waals surface area contributed by atoms with Crippen LogP contribution in [-0.2, 0) is 0 Å². The summed E-state index contributed by atoms with van der Waals surface area (Å²) < 4.78 is 11.4. The zero-order valence-corrected chi connectivity index (χ0v) is 16.3. The number of nitrogen functional groups attached to an aromatic ring is 1. The molecule has 12 nitrogen and oxygen atoms in total. The molecular weight excluding hydrogens is 436 g/mol. The van der Waals surface area contributed by atoms with E-state index in [2.05, 4.69) is 51.7 Å². The van der Waals surface area contributed by atoms with Crippen LogP contribution in [0.5, 0.6) is 11.5 Å². The van der Waals surface area contributed by atoms with Crippen molar-refractivity contribution < 1.29 is 19.3 Å². The van der Waals surface area contributed by atoms with Crippen molar-refractivity contribution in [3.63, 3.8) is 0 Å². The van der Waals surface area contributed by atoms with Gasteiger partial charge in [0.15, 0.2) is 17.2 Å². The van der Waals surface area contributed by atoms with Gasteiger partial charge in [-0.25, -0.2) is 10.1 Å². The van der Waals surface area contributed by atoms with Gasteiger partial charge in [-0.05, 0) is 57.8 Å². The Balaban J connectivity index is 1.80. The van der Waals surface area contributed by atoms with E-state index in [1.165, 1.54) is 6.21 Å². The van der Waals surface area contributed by atoms with Crippen LogP contribution in [0.2, 0.25) is 0 Å². The number of hydrogen-bond donors (Lipinski definition) is 3. The highest BCUT2D eigenvalue weighted by molar-refractivity contribution is 9.10. The number of hydrazone groups is 1. The SMILES string of the molecule is CCOc1cc(/C=N/NC(=O)c2c(C)nnn2-c2nonc2N)cc(Br)c1O. The summed E-state index contributed by atoms with van der Waals surface area (Å²) in [5, 5.41) is 28.6. The molecule has 0 aliphatic carbocycles. The fourth-order valence-electron chi connectivity index (χ4n) is 2.26. The highest BCUT2D eigenvalue weighted by Crippen LogP contribution is 2.35. The molecule has 4 N–H and O–H groups in total. The molecule has 0 unspecified atom stereocenters. The van der Waals surface area contributed by atoms with Gasteiger partial charge in [0.2, 0.25) is 11.6 Å². The minimum atomic E-state index is -0.593. The first kappa shape index (κ1) is 19.3. The van der Waals surface area contributed by atoms with Gasteiger partial charge in [0, 0.05) is 0 Å². The normalized spacial score (nSPS) is 11.1. The Hall–Kier alpha value is -3.48. The zero-order valence-electron chi connectivity index (χ0n) is 14.7. The number of rotatable bonds is 6. The third-order valence-corrected chi connectivity index (χ3v) is 4.08. The standard InChI is InChI=1S/C15H15BrN8O4/c1-3-27-10-5-8(4-9(16)12(10)25)6-18-20-15(26)11-7(2)19-23-24(11)14-13(17)21-28-22-14/h4-6,25H,3H2,1-2H3,(H2,17,21)(H,20,26)/b18-6+. The molecule has 0 atom stereocenters. The van der Waals surface area contributed by atoms with E-state index in [-0.39, 0.29) is 28.8 Å². The van der Waals surface area contributed by atoms with Crippen LogP contribution in [0.4, 0.5) is 5.82 Å². The quantitative estimate of drug-likeness (QED) is 0.368. The van der Waals surface area contributed by atoms with Gasteiger partial charge in [0.05, 0.1) is 23.0 Å². The van der Waals surface area contributed by atoms with Gasteiger partial charge >= 0.3 is 0 Å². The molecule has 146 valence electrons. The maximum absolute atomic E-state index is 12.5. The Labute approximate surface area is 166 Å². The molecule has 2 aromatic heterocycles. The third-order valence-electron chi connectivity index (χ3n) is 3.48. The number of nitrogens with zero attached hydrogens (tertiary/aromatic N) is 6. The number of hydrogen-bond acceptors (Lipinski definition) is 10. The number of aryl methyl sites for hydroxylation is 1. The lowest BCUT2D eigenvalue weighted by atomic mass is 10.2. The number of halogens is 1. The summed E-state index contributed by atoms with van der Waals surface area (Å²) in [5.41, 5.74) is 9.00. The first-order valence-electron chi connectivity index (χ1n) is 7.91. The van der Waals surface area contributed by atoms with E-state index in [1.54, 1.807) is 26.0 Å². The second kappa shape index (κ2) is 8.04. The molecule has 0 spiro atoms. The summed E-state index contributed by atoms with van der Waals surface area (Å²) in [4.78, 5) is 12.5. The summed E-state index contributed by atoms with van der Waals surface area (Å²) in [6.07, 6.45) is 1.39. The van der Waals surface area contributed by atoms with Crippen LogP contribution in [0.3, 0.4) is 0 Å². The second-order valence-corrected chi connectivity index (χ2v) is 6.24. The molecule has 3 rings (SSSR count). The first-order chi connectivity index (χ1) is 13.4. The van der Waals surface area contributed by atoms with E-state index < -0.39 is 5.91 Å². The van der Waals surface area contributed by atoms with Gasteiger partial charge in [-0.3, -0.25) is 4.79 Å². The number of anilines is 1. The molecule has 0 aliphatic rings. The van der Waals surface area contributed by atoms with Crippen LogP contribution < -0.4 is 15.9 Å². The molecule has 3 aromatic rings. The monoisotopic (exact) mass is 450 g/mol. The highest BCUT2D eigenvalue weighted by atomic mass is 79.9. The number of amides is 1. The molecule has 1 amide bonds. The van der Waals surface area contributed by atoms with Gasteiger partial charge in [0.25, 0.3) is 5.91 Å². The summed E-state index contributed by atoms with van der Waals surface area (Å²) in [7, 11) is 0. The average molecular weight is 451 g/mol. The maximum Gasteiger partial charge on any atom is 0.292 e. The lowest BCUT2D eigenvalue weighted by Gasteiger charge is -2.08. The first-order valence-corrected chi connectivity index (χ1v) is 8.71. The lowest BCUT2D eigenvalue weighted by molar-refractivity contribution is 0.0946. The molecule has 0 bridgehead atoms. The molecule has 0 saturated heterocycles. The van der Waals surface area contributed by atoms with E-state index in [9.17, 15) is 9.90 Å². The van der Waals surface area contributed by atoms with E-state index in [0.717, 1.165) is 4.68 Å². The van der Waals surface area contributed by atoms with Gasteiger partial charge in [-0.1, -0.05) is 5.21 Å². The van der Waals surface area contributed by atoms with Crippen molar-refractivity contribution in [2.45, 2.75) is 13.8 Å².